The number of carbonyl (C=O) groups is 1. The largest absolute Gasteiger partial charge is 0.451 e. The van der Waals surface area contributed by atoms with Crippen LogP contribution in [0.3, 0.4) is 0 Å². The van der Waals surface area contributed by atoms with Crippen molar-refractivity contribution in [2.24, 2.45) is 11.7 Å². The lowest BCUT2D eigenvalue weighted by molar-refractivity contribution is -0.144. The molecule has 0 aliphatic heterocycles. The van der Waals surface area contributed by atoms with Gasteiger partial charge in [-0.05, 0) is 18.8 Å². The van der Waals surface area contributed by atoms with Gasteiger partial charge in [0.2, 0.25) is 17.7 Å². The van der Waals surface area contributed by atoms with E-state index >= 15 is 0 Å². The highest BCUT2D eigenvalue weighted by atomic mass is 19.4. The van der Waals surface area contributed by atoms with Crippen LogP contribution in [0.4, 0.5) is 19.1 Å². The van der Waals surface area contributed by atoms with E-state index in [1.165, 1.54) is 0 Å². The van der Waals surface area contributed by atoms with Crippen LogP contribution >= 0.6 is 0 Å². The molecular formula is C10H14F3N5O. The average Bonchev–Trinajstić information content (AvgIpc) is 2.88. The van der Waals surface area contributed by atoms with Crippen LogP contribution < -0.4 is 11.1 Å². The first-order valence-electron chi connectivity index (χ1n) is 5.91. The van der Waals surface area contributed by atoms with Crippen LogP contribution in [0.5, 0.6) is 0 Å². The van der Waals surface area contributed by atoms with Crippen molar-refractivity contribution in [1.29, 1.82) is 0 Å². The molecule has 1 aliphatic carbocycles. The normalized spacial score (nSPS) is 23.6. The Bertz CT molecular complexity index is 458. The molecule has 1 aliphatic rings. The van der Waals surface area contributed by atoms with Crippen LogP contribution in [0.2, 0.25) is 0 Å². The molecule has 0 unspecified atom stereocenters. The third-order valence-corrected chi connectivity index (χ3v) is 3.17. The molecule has 2 rings (SSSR count). The lowest BCUT2D eigenvalue weighted by Gasteiger charge is -2.13. The number of H-pyrrole nitrogens is 1. The summed E-state index contributed by atoms with van der Waals surface area (Å²) < 4.78 is 36.8. The summed E-state index contributed by atoms with van der Waals surface area (Å²) in [4.78, 5) is 14.8. The number of hydrogen-bond donors (Lipinski definition) is 3. The number of anilines is 1. The van der Waals surface area contributed by atoms with Crippen molar-refractivity contribution in [3.63, 3.8) is 0 Å². The molecule has 0 radical (unpaired) electrons. The molecule has 4 N–H and O–H groups in total. The number of halogens is 3. The van der Waals surface area contributed by atoms with Gasteiger partial charge in [-0.2, -0.15) is 18.2 Å². The first-order chi connectivity index (χ1) is 8.86. The Labute approximate surface area is 107 Å². The Kier molecular flexibility index (Phi) is 3.74. The van der Waals surface area contributed by atoms with E-state index in [1.807, 2.05) is 0 Å². The van der Waals surface area contributed by atoms with Crippen LogP contribution in [0, 0.1) is 5.92 Å². The summed E-state index contributed by atoms with van der Waals surface area (Å²) in [6.45, 7) is 0. The number of rotatable bonds is 3. The fourth-order valence-electron chi connectivity index (χ4n) is 2.18. The van der Waals surface area contributed by atoms with E-state index in [-0.39, 0.29) is 24.3 Å². The minimum absolute atomic E-state index is 0.0244. The SMILES string of the molecule is N[C@@H]1CCC[C@H]1CC(=O)Nc1n[nH]c(C(F)(F)F)n1. The van der Waals surface area contributed by atoms with E-state index in [0.717, 1.165) is 19.3 Å². The number of nitrogens with one attached hydrogen (secondary N) is 2. The molecule has 1 heterocycles. The Hall–Kier alpha value is -1.64. The molecule has 0 saturated heterocycles. The Morgan fingerprint density at radius 2 is 2.21 bits per heavy atom. The van der Waals surface area contributed by atoms with Crippen molar-refractivity contribution >= 4 is 11.9 Å². The molecule has 9 heteroatoms. The van der Waals surface area contributed by atoms with Gasteiger partial charge in [-0.25, -0.2) is 0 Å². The maximum atomic E-state index is 12.3. The standard InChI is InChI=1S/C10H14F3N5O/c11-10(12,13)8-16-9(18-17-8)15-7(19)4-5-2-1-3-6(5)14/h5-6H,1-4,14H2,(H2,15,16,17,18,19)/t5-,6+/m0/s1. The second-order valence-electron chi connectivity index (χ2n) is 4.61. The zero-order valence-electron chi connectivity index (χ0n) is 10.00. The average molecular weight is 277 g/mol. The molecule has 0 bridgehead atoms. The molecule has 106 valence electrons. The number of amides is 1. The topological polar surface area (TPSA) is 96.7 Å². The molecule has 0 spiro atoms. The Balaban J connectivity index is 1.90. The van der Waals surface area contributed by atoms with Crippen molar-refractivity contribution in [3.8, 4) is 0 Å². The van der Waals surface area contributed by atoms with Crippen molar-refractivity contribution in [2.75, 3.05) is 5.32 Å². The molecule has 0 aromatic carbocycles. The molecule has 1 aromatic rings. The van der Waals surface area contributed by atoms with Crippen LogP contribution in [0.25, 0.3) is 0 Å². The van der Waals surface area contributed by atoms with Gasteiger partial charge in [0.05, 0.1) is 0 Å². The predicted molar refractivity (Wildman–Crippen MR) is 59.9 cm³/mol. The molecule has 1 saturated carbocycles. The van der Waals surface area contributed by atoms with Gasteiger partial charge in [-0.3, -0.25) is 15.2 Å². The summed E-state index contributed by atoms with van der Waals surface area (Å²) in [7, 11) is 0. The highest BCUT2D eigenvalue weighted by Gasteiger charge is 2.35. The third-order valence-electron chi connectivity index (χ3n) is 3.17. The molecule has 1 amide bonds. The first-order valence-corrected chi connectivity index (χ1v) is 5.91. The van der Waals surface area contributed by atoms with Gasteiger partial charge in [-0.1, -0.05) is 6.42 Å². The second kappa shape index (κ2) is 5.16. The van der Waals surface area contributed by atoms with Gasteiger partial charge in [0.25, 0.3) is 0 Å². The molecule has 1 aromatic heterocycles. The van der Waals surface area contributed by atoms with Gasteiger partial charge in [0.1, 0.15) is 0 Å². The smallest absolute Gasteiger partial charge is 0.327 e. The van der Waals surface area contributed by atoms with Gasteiger partial charge in [0, 0.05) is 12.5 Å². The molecule has 1 fully saturated rings. The number of alkyl halides is 3. The number of hydrogen-bond acceptors (Lipinski definition) is 4. The Morgan fingerprint density at radius 1 is 1.47 bits per heavy atom. The van der Waals surface area contributed by atoms with Gasteiger partial charge in [-0.15, -0.1) is 5.10 Å². The lowest BCUT2D eigenvalue weighted by atomic mass is 10.00. The number of aromatic nitrogens is 3. The highest BCUT2D eigenvalue weighted by molar-refractivity contribution is 5.89. The molecular weight excluding hydrogens is 263 g/mol. The zero-order valence-corrected chi connectivity index (χ0v) is 10.00. The summed E-state index contributed by atoms with van der Waals surface area (Å²) in [5.41, 5.74) is 5.82. The van der Waals surface area contributed by atoms with Gasteiger partial charge < -0.3 is 5.73 Å². The minimum atomic E-state index is -4.61. The number of nitrogens with zero attached hydrogens (tertiary/aromatic N) is 2. The maximum Gasteiger partial charge on any atom is 0.451 e. The van der Waals surface area contributed by atoms with E-state index in [9.17, 15) is 18.0 Å². The lowest BCUT2D eigenvalue weighted by Crippen LogP contribution is -2.28. The zero-order chi connectivity index (χ0) is 14.0. The summed E-state index contributed by atoms with van der Waals surface area (Å²) in [6, 6.07) is -0.0244. The van der Waals surface area contributed by atoms with E-state index < -0.39 is 17.9 Å². The summed E-state index contributed by atoms with van der Waals surface area (Å²) in [5, 5.41) is 7.26. The monoisotopic (exact) mass is 277 g/mol. The molecule has 6 nitrogen and oxygen atoms in total. The van der Waals surface area contributed by atoms with Crippen molar-refractivity contribution in [2.45, 2.75) is 37.9 Å². The minimum Gasteiger partial charge on any atom is -0.327 e. The fraction of sp³-hybridized carbons (Fsp3) is 0.700. The van der Waals surface area contributed by atoms with Crippen molar-refractivity contribution in [1.82, 2.24) is 15.2 Å². The summed E-state index contributed by atoms with van der Waals surface area (Å²) in [6.07, 6.45) is -1.73. The van der Waals surface area contributed by atoms with Gasteiger partial charge in [0.15, 0.2) is 0 Å². The van der Waals surface area contributed by atoms with Crippen LogP contribution in [-0.2, 0) is 11.0 Å². The highest BCUT2D eigenvalue weighted by Crippen LogP contribution is 2.28. The van der Waals surface area contributed by atoms with E-state index in [0.29, 0.717) is 0 Å². The third kappa shape index (κ3) is 3.43. The predicted octanol–water partition coefficient (Wildman–Crippen LogP) is 1.28. The Morgan fingerprint density at radius 3 is 2.74 bits per heavy atom. The molecule has 19 heavy (non-hydrogen) atoms. The van der Waals surface area contributed by atoms with E-state index in [4.69, 9.17) is 5.73 Å². The van der Waals surface area contributed by atoms with Crippen LogP contribution in [-0.4, -0.2) is 27.1 Å². The molecule has 2 atom stereocenters. The van der Waals surface area contributed by atoms with Gasteiger partial charge >= 0.3 is 6.18 Å². The first kappa shape index (κ1) is 13.8. The fourth-order valence-corrected chi connectivity index (χ4v) is 2.18. The van der Waals surface area contributed by atoms with Crippen molar-refractivity contribution in [3.05, 3.63) is 5.82 Å². The number of aromatic amines is 1. The van der Waals surface area contributed by atoms with Crippen molar-refractivity contribution < 1.29 is 18.0 Å². The number of carbonyl (C=O) groups excluding carboxylic acids is 1. The maximum absolute atomic E-state index is 12.3. The second-order valence-corrected chi connectivity index (χ2v) is 4.61. The van der Waals surface area contributed by atoms with E-state index in [1.54, 1.807) is 5.10 Å². The summed E-state index contributed by atoms with van der Waals surface area (Å²) in [5.74, 6) is -1.96. The van der Waals surface area contributed by atoms with Crippen LogP contribution in [0.15, 0.2) is 0 Å². The quantitative estimate of drug-likeness (QED) is 0.775. The summed E-state index contributed by atoms with van der Waals surface area (Å²) >= 11 is 0. The van der Waals surface area contributed by atoms with Crippen LogP contribution in [0.1, 0.15) is 31.5 Å². The number of nitrogens with two attached hydrogens (primary N) is 1. The van der Waals surface area contributed by atoms with E-state index in [2.05, 4.69) is 15.4 Å².